The number of pyridine rings is 1. The van der Waals surface area contributed by atoms with E-state index in [9.17, 15) is 9.59 Å². The van der Waals surface area contributed by atoms with Crippen LogP contribution in [0.3, 0.4) is 0 Å². The number of amides is 1. The maximum absolute atomic E-state index is 13.3. The number of hydrogen-bond donors (Lipinski definition) is 0. The molecule has 146 valence electrons. The molecule has 1 heterocycles. The fraction of sp³-hybridized carbons (Fsp3) is 0.238. The van der Waals surface area contributed by atoms with E-state index in [-0.39, 0.29) is 11.5 Å². The number of benzene rings is 2. The number of fused-ring (bicyclic) bond motifs is 1. The number of ether oxygens (including phenoxy) is 2. The Morgan fingerprint density at radius 2 is 1.75 bits per heavy atom. The maximum atomic E-state index is 13.3. The summed E-state index contributed by atoms with van der Waals surface area (Å²) in [6, 6.07) is 10.3. The fourth-order valence-electron chi connectivity index (χ4n) is 3.11. The third-order valence-corrected chi connectivity index (χ3v) is 4.90. The minimum Gasteiger partial charge on any atom is -0.493 e. The van der Waals surface area contributed by atoms with E-state index in [2.05, 4.69) is 0 Å². The van der Waals surface area contributed by atoms with Crippen molar-refractivity contribution in [3.05, 3.63) is 63.5 Å². The van der Waals surface area contributed by atoms with Crippen LogP contribution in [0.25, 0.3) is 10.8 Å². The van der Waals surface area contributed by atoms with Crippen molar-refractivity contribution in [3.63, 3.8) is 0 Å². The lowest BCUT2D eigenvalue weighted by molar-refractivity contribution is 0.0994. The Hall–Kier alpha value is -2.99. The standard InChI is InChI=1S/C21H21ClN2O4/c1-5-24-12-17(20(25)23(2)14-8-6-7-13(22)9-14)15-10-18(27-3)19(28-4)11-16(15)21(24)26/h6-12H,5H2,1-4H3. The Morgan fingerprint density at radius 3 is 2.32 bits per heavy atom. The van der Waals surface area contributed by atoms with Crippen LogP contribution >= 0.6 is 11.6 Å². The summed E-state index contributed by atoms with van der Waals surface area (Å²) in [4.78, 5) is 27.6. The van der Waals surface area contributed by atoms with Gasteiger partial charge in [-0.3, -0.25) is 9.59 Å². The van der Waals surface area contributed by atoms with Gasteiger partial charge in [0, 0.05) is 35.9 Å². The monoisotopic (exact) mass is 400 g/mol. The average molecular weight is 401 g/mol. The van der Waals surface area contributed by atoms with Gasteiger partial charge in [-0.1, -0.05) is 17.7 Å². The highest BCUT2D eigenvalue weighted by molar-refractivity contribution is 6.31. The fourth-order valence-corrected chi connectivity index (χ4v) is 3.29. The lowest BCUT2D eigenvalue weighted by Gasteiger charge is -2.20. The number of aryl methyl sites for hydroxylation is 1. The first-order chi connectivity index (χ1) is 13.4. The van der Waals surface area contributed by atoms with Gasteiger partial charge >= 0.3 is 0 Å². The first kappa shape index (κ1) is 19.8. The number of carbonyl (C=O) groups excluding carboxylic acids is 1. The minimum atomic E-state index is -0.262. The van der Waals surface area contributed by atoms with E-state index in [1.807, 2.05) is 6.92 Å². The van der Waals surface area contributed by atoms with Gasteiger partial charge < -0.3 is 18.9 Å². The van der Waals surface area contributed by atoms with Gasteiger partial charge in [0.15, 0.2) is 11.5 Å². The van der Waals surface area contributed by atoms with Crippen molar-refractivity contribution < 1.29 is 14.3 Å². The molecular weight excluding hydrogens is 380 g/mol. The molecule has 0 aliphatic heterocycles. The van der Waals surface area contributed by atoms with E-state index in [4.69, 9.17) is 21.1 Å². The molecule has 0 aliphatic rings. The molecule has 0 saturated heterocycles. The summed E-state index contributed by atoms with van der Waals surface area (Å²) in [7, 11) is 4.68. The first-order valence-electron chi connectivity index (χ1n) is 8.74. The molecule has 3 aromatic rings. The molecule has 1 amide bonds. The van der Waals surface area contributed by atoms with Crippen molar-refractivity contribution >= 4 is 34.0 Å². The van der Waals surface area contributed by atoms with Crippen LogP contribution in [0.15, 0.2) is 47.4 Å². The number of rotatable bonds is 5. The zero-order chi connectivity index (χ0) is 20.4. The number of anilines is 1. The Bertz CT molecular complexity index is 1110. The number of nitrogens with zero attached hydrogens (tertiary/aromatic N) is 2. The van der Waals surface area contributed by atoms with E-state index < -0.39 is 0 Å². The van der Waals surface area contributed by atoms with Crippen molar-refractivity contribution in [2.45, 2.75) is 13.5 Å². The summed E-state index contributed by atoms with van der Waals surface area (Å²) in [6.45, 7) is 2.28. The SMILES string of the molecule is CCn1cc(C(=O)N(C)c2cccc(Cl)c2)c2cc(OC)c(OC)cc2c1=O. The minimum absolute atomic E-state index is 0.194. The van der Waals surface area contributed by atoms with Crippen LogP contribution in [0.2, 0.25) is 5.02 Å². The predicted octanol–water partition coefficient (Wildman–Crippen LogP) is 3.97. The van der Waals surface area contributed by atoms with Crippen molar-refractivity contribution in [2.24, 2.45) is 0 Å². The summed E-state index contributed by atoms with van der Waals surface area (Å²) < 4.78 is 12.2. The smallest absolute Gasteiger partial charge is 0.260 e. The molecule has 0 fully saturated rings. The normalized spacial score (nSPS) is 10.8. The van der Waals surface area contributed by atoms with Crippen molar-refractivity contribution in [1.29, 1.82) is 0 Å². The molecule has 0 unspecified atom stereocenters. The Morgan fingerprint density at radius 1 is 1.11 bits per heavy atom. The van der Waals surface area contributed by atoms with E-state index in [1.165, 1.54) is 23.7 Å². The van der Waals surface area contributed by atoms with Crippen LogP contribution < -0.4 is 19.9 Å². The Labute approximate surface area is 167 Å². The summed E-state index contributed by atoms with van der Waals surface area (Å²) in [6.07, 6.45) is 1.58. The van der Waals surface area contributed by atoms with Crippen LogP contribution in [-0.2, 0) is 6.54 Å². The molecule has 3 rings (SSSR count). The van der Waals surface area contributed by atoms with Gasteiger partial charge in [-0.05, 0) is 37.3 Å². The highest BCUT2D eigenvalue weighted by Gasteiger charge is 2.21. The van der Waals surface area contributed by atoms with Crippen LogP contribution in [0, 0.1) is 0 Å². The summed E-state index contributed by atoms with van der Waals surface area (Å²) in [5, 5.41) is 1.43. The van der Waals surface area contributed by atoms with Crippen LogP contribution in [0.4, 0.5) is 5.69 Å². The molecule has 6 nitrogen and oxygen atoms in total. The van der Waals surface area contributed by atoms with Gasteiger partial charge in [0.25, 0.3) is 11.5 Å². The zero-order valence-corrected chi connectivity index (χ0v) is 16.9. The lowest BCUT2D eigenvalue weighted by Crippen LogP contribution is -2.29. The van der Waals surface area contributed by atoms with E-state index in [1.54, 1.807) is 49.6 Å². The lowest BCUT2D eigenvalue weighted by atomic mass is 10.0. The van der Waals surface area contributed by atoms with Crippen LogP contribution in [0.1, 0.15) is 17.3 Å². The molecule has 28 heavy (non-hydrogen) atoms. The molecule has 0 spiro atoms. The Kier molecular flexibility index (Phi) is 5.61. The topological polar surface area (TPSA) is 60.8 Å². The van der Waals surface area contributed by atoms with Crippen molar-refractivity contribution in [1.82, 2.24) is 4.57 Å². The highest BCUT2D eigenvalue weighted by Crippen LogP contribution is 2.33. The van der Waals surface area contributed by atoms with Gasteiger partial charge in [-0.25, -0.2) is 0 Å². The summed E-state index contributed by atoms with van der Waals surface area (Å²) in [5.41, 5.74) is 0.848. The second-order valence-corrected chi connectivity index (χ2v) is 6.67. The number of carbonyl (C=O) groups is 1. The second kappa shape index (κ2) is 7.94. The van der Waals surface area contributed by atoms with E-state index in [0.29, 0.717) is 45.1 Å². The van der Waals surface area contributed by atoms with Crippen molar-refractivity contribution in [3.8, 4) is 11.5 Å². The summed E-state index contributed by atoms with van der Waals surface area (Å²) >= 11 is 6.06. The molecular formula is C21H21ClN2O4. The molecule has 0 N–H and O–H groups in total. The van der Waals surface area contributed by atoms with Crippen LogP contribution in [-0.4, -0.2) is 31.7 Å². The summed E-state index contributed by atoms with van der Waals surface area (Å²) in [5.74, 6) is 0.618. The number of aromatic nitrogens is 1. The van der Waals surface area contributed by atoms with Gasteiger partial charge in [0.1, 0.15) is 0 Å². The number of hydrogen-bond acceptors (Lipinski definition) is 4. The molecule has 0 aliphatic carbocycles. The number of methoxy groups -OCH3 is 2. The van der Waals surface area contributed by atoms with Gasteiger partial charge in [-0.2, -0.15) is 0 Å². The average Bonchev–Trinajstić information content (AvgIpc) is 2.72. The maximum Gasteiger partial charge on any atom is 0.260 e. The highest BCUT2D eigenvalue weighted by atomic mass is 35.5. The van der Waals surface area contributed by atoms with Crippen molar-refractivity contribution in [2.75, 3.05) is 26.2 Å². The van der Waals surface area contributed by atoms with Gasteiger partial charge in [-0.15, -0.1) is 0 Å². The largest absolute Gasteiger partial charge is 0.493 e. The predicted molar refractivity (Wildman–Crippen MR) is 111 cm³/mol. The van der Waals surface area contributed by atoms with Gasteiger partial charge in [0.2, 0.25) is 0 Å². The van der Waals surface area contributed by atoms with Gasteiger partial charge in [0.05, 0.1) is 25.2 Å². The quantitative estimate of drug-likeness (QED) is 0.650. The molecule has 7 heteroatoms. The number of halogens is 1. The molecule has 0 bridgehead atoms. The van der Waals surface area contributed by atoms with Crippen LogP contribution in [0.5, 0.6) is 11.5 Å². The Balaban J connectivity index is 2.25. The van der Waals surface area contributed by atoms with E-state index >= 15 is 0 Å². The third kappa shape index (κ3) is 3.43. The molecule has 0 radical (unpaired) electrons. The second-order valence-electron chi connectivity index (χ2n) is 6.23. The molecule has 0 atom stereocenters. The molecule has 2 aromatic carbocycles. The molecule has 0 saturated carbocycles. The molecule has 1 aromatic heterocycles. The first-order valence-corrected chi connectivity index (χ1v) is 9.11. The third-order valence-electron chi connectivity index (χ3n) is 4.66. The zero-order valence-electron chi connectivity index (χ0n) is 16.2. The van der Waals surface area contributed by atoms with E-state index in [0.717, 1.165) is 0 Å².